The van der Waals surface area contributed by atoms with E-state index in [1.54, 1.807) is 31.5 Å². The molecule has 1 aliphatic heterocycles. The van der Waals surface area contributed by atoms with Crippen LogP contribution in [-0.2, 0) is 14.8 Å². The van der Waals surface area contributed by atoms with Gasteiger partial charge in [0.1, 0.15) is 17.7 Å². The molecular formula is C19H20FN5O3S. The van der Waals surface area contributed by atoms with Gasteiger partial charge in [-0.25, -0.2) is 17.8 Å². The van der Waals surface area contributed by atoms with E-state index in [0.29, 0.717) is 17.1 Å². The molecule has 1 fully saturated rings. The Morgan fingerprint density at radius 1 is 1.31 bits per heavy atom. The Morgan fingerprint density at radius 2 is 2.14 bits per heavy atom. The van der Waals surface area contributed by atoms with Gasteiger partial charge < -0.3 is 10.5 Å². The van der Waals surface area contributed by atoms with Gasteiger partial charge in [0.15, 0.2) is 0 Å². The molecule has 1 aliphatic rings. The Balaban J connectivity index is 1.63. The highest BCUT2D eigenvalue weighted by Crippen LogP contribution is 2.32. The first-order chi connectivity index (χ1) is 13.9. The minimum absolute atomic E-state index is 0.0759. The molecule has 0 saturated carbocycles. The van der Waals surface area contributed by atoms with Gasteiger partial charge in [0.2, 0.25) is 10.0 Å². The molecule has 0 bridgehead atoms. The first-order valence-electron chi connectivity index (χ1n) is 8.99. The van der Waals surface area contributed by atoms with Crippen molar-refractivity contribution in [1.82, 2.24) is 19.5 Å². The van der Waals surface area contributed by atoms with Crippen LogP contribution in [0.4, 0.5) is 10.2 Å². The summed E-state index contributed by atoms with van der Waals surface area (Å²) in [5.41, 5.74) is 8.35. The molecule has 10 heteroatoms. The standard InChI is InChI=1S/C19H20FN5O3S/c1-12-2-3-14(9-16(12)20)29(26,27)25-6-7-28-17(11-25)19-15(10-23-24-19)13-4-5-22-18(21)8-13/h2-5,8-10,17H,6-7,11H2,1H3,(H2,21,22)(H,23,24). The third-order valence-electron chi connectivity index (χ3n) is 4.89. The van der Waals surface area contributed by atoms with Gasteiger partial charge in [-0.2, -0.15) is 9.40 Å². The molecular weight excluding hydrogens is 397 g/mol. The quantitative estimate of drug-likeness (QED) is 0.673. The van der Waals surface area contributed by atoms with Crippen LogP contribution in [0.25, 0.3) is 11.1 Å². The van der Waals surface area contributed by atoms with Gasteiger partial charge in [-0.05, 0) is 42.3 Å². The lowest BCUT2D eigenvalue weighted by molar-refractivity contribution is -0.00465. The number of anilines is 1. The molecule has 3 N–H and O–H groups in total. The van der Waals surface area contributed by atoms with Gasteiger partial charge >= 0.3 is 0 Å². The minimum atomic E-state index is -3.86. The predicted octanol–water partition coefficient (Wildman–Crippen LogP) is 2.26. The van der Waals surface area contributed by atoms with Crippen LogP contribution in [0.3, 0.4) is 0 Å². The smallest absolute Gasteiger partial charge is 0.243 e. The van der Waals surface area contributed by atoms with Crippen molar-refractivity contribution in [2.24, 2.45) is 0 Å². The topological polar surface area (TPSA) is 114 Å². The number of aryl methyl sites for hydroxylation is 1. The number of hydrogen-bond acceptors (Lipinski definition) is 6. The molecule has 152 valence electrons. The Morgan fingerprint density at radius 3 is 2.90 bits per heavy atom. The number of nitrogens with one attached hydrogen (secondary N) is 1. The molecule has 4 rings (SSSR count). The number of nitrogens with zero attached hydrogens (tertiary/aromatic N) is 3. The van der Waals surface area contributed by atoms with Crippen LogP contribution >= 0.6 is 0 Å². The van der Waals surface area contributed by atoms with E-state index in [1.807, 2.05) is 0 Å². The maximum absolute atomic E-state index is 13.9. The van der Waals surface area contributed by atoms with Gasteiger partial charge in [0.25, 0.3) is 0 Å². The van der Waals surface area contributed by atoms with Crippen molar-refractivity contribution in [3.63, 3.8) is 0 Å². The molecule has 3 heterocycles. The first kappa shape index (κ1) is 19.5. The highest BCUT2D eigenvalue weighted by Gasteiger charge is 2.33. The van der Waals surface area contributed by atoms with Crippen LogP contribution < -0.4 is 5.73 Å². The molecule has 3 aromatic rings. The lowest BCUT2D eigenvalue weighted by atomic mass is 10.0. The SMILES string of the molecule is Cc1ccc(S(=O)(=O)N2CCOC(c3[nH]ncc3-c3ccnc(N)c3)C2)cc1F. The van der Waals surface area contributed by atoms with E-state index in [1.165, 1.54) is 16.4 Å². The Bertz CT molecular complexity index is 1150. The fourth-order valence-corrected chi connectivity index (χ4v) is 4.73. The summed E-state index contributed by atoms with van der Waals surface area (Å²) in [5.74, 6) is -0.188. The molecule has 0 amide bonds. The summed E-state index contributed by atoms with van der Waals surface area (Å²) in [5, 5.41) is 6.99. The monoisotopic (exact) mass is 417 g/mol. The fraction of sp³-hybridized carbons (Fsp3) is 0.263. The lowest BCUT2D eigenvalue weighted by Crippen LogP contribution is -2.42. The maximum Gasteiger partial charge on any atom is 0.243 e. The zero-order valence-electron chi connectivity index (χ0n) is 15.7. The Kier molecular flexibility index (Phi) is 5.07. The van der Waals surface area contributed by atoms with Gasteiger partial charge in [-0.15, -0.1) is 0 Å². The zero-order chi connectivity index (χ0) is 20.6. The summed E-state index contributed by atoms with van der Waals surface area (Å²) in [4.78, 5) is 3.90. The highest BCUT2D eigenvalue weighted by atomic mass is 32.2. The van der Waals surface area contributed by atoms with Crippen molar-refractivity contribution in [2.45, 2.75) is 17.9 Å². The molecule has 0 aliphatic carbocycles. The first-order valence-corrected chi connectivity index (χ1v) is 10.4. The number of ether oxygens (including phenoxy) is 1. The molecule has 29 heavy (non-hydrogen) atoms. The number of aromatic amines is 1. The van der Waals surface area contributed by atoms with Crippen molar-refractivity contribution in [3.8, 4) is 11.1 Å². The summed E-state index contributed by atoms with van der Waals surface area (Å²) in [6.07, 6.45) is 2.67. The summed E-state index contributed by atoms with van der Waals surface area (Å²) in [6.45, 7) is 2.05. The van der Waals surface area contributed by atoms with Gasteiger partial charge in [0.05, 0.1) is 23.4 Å². The number of aromatic nitrogens is 3. The molecule has 1 unspecified atom stereocenters. The average molecular weight is 417 g/mol. The van der Waals surface area contributed by atoms with E-state index < -0.39 is 21.9 Å². The number of nitrogen functional groups attached to an aromatic ring is 1. The molecule has 2 aromatic heterocycles. The maximum atomic E-state index is 13.9. The summed E-state index contributed by atoms with van der Waals surface area (Å²) in [7, 11) is -3.86. The average Bonchev–Trinajstić information content (AvgIpc) is 3.20. The van der Waals surface area contributed by atoms with E-state index >= 15 is 0 Å². The van der Waals surface area contributed by atoms with Crippen LogP contribution in [0.2, 0.25) is 0 Å². The van der Waals surface area contributed by atoms with E-state index in [2.05, 4.69) is 15.2 Å². The fourth-order valence-electron chi connectivity index (χ4n) is 3.29. The Labute approximate surface area is 167 Å². The van der Waals surface area contributed by atoms with Crippen molar-refractivity contribution in [2.75, 3.05) is 25.4 Å². The van der Waals surface area contributed by atoms with Gasteiger partial charge in [0, 0.05) is 24.8 Å². The molecule has 1 atom stereocenters. The van der Waals surface area contributed by atoms with Crippen LogP contribution in [0.15, 0.2) is 47.6 Å². The van der Waals surface area contributed by atoms with Crippen molar-refractivity contribution < 1.29 is 17.5 Å². The number of pyridine rings is 1. The van der Waals surface area contributed by atoms with E-state index in [-0.39, 0.29) is 24.6 Å². The lowest BCUT2D eigenvalue weighted by Gasteiger charge is -2.32. The van der Waals surface area contributed by atoms with Crippen LogP contribution in [-0.4, -0.2) is 47.6 Å². The number of H-pyrrole nitrogens is 1. The third-order valence-corrected chi connectivity index (χ3v) is 6.75. The zero-order valence-corrected chi connectivity index (χ0v) is 16.5. The number of halogens is 1. The summed E-state index contributed by atoms with van der Waals surface area (Å²) in [6, 6.07) is 7.43. The third kappa shape index (κ3) is 3.74. The van der Waals surface area contributed by atoms with Crippen molar-refractivity contribution >= 4 is 15.8 Å². The molecule has 0 spiro atoms. The van der Waals surface area contributed by atoms with E-state index in [9.17, 15) is 12.8 Å². The second-order valence-electron chi connectivity index (χ2n) is 6.80. The normalized spacial score (nSPS) is 18.1. The summed E-state index contributed by atoms with van der Waals surface area (Å²) >= 11 is 0. The summed E-state index contributed by atoms with van der Waals surface area (Å²) < 4.78 is 47.1. The number of hydrogen-bond donors (Lipinski definition) is 2. The second kappa shape index (κ2) is 7.54. The van der Waals surface area contributed by atoms with Crippen LogP contribution in [0.5, 0.6) is 0 Å². The molecule has 8 nitrogen and oxygen atoms in total. The van der Waals surface area contributed by atoms with Gasteiger partial charge in [-0.3, -0.25) is 5.10 Å². The van der Waals surface area contributed by atoms with Crippen LogP contribution in [0, 0.1) is 12.7 Å². The van der Waals surface area contributed by atoms with E-state index in [4.69, 9.17) is 10.5 Å². The number of sulfonamides is 1. The number of benzene rings is 1. The minimum Gasteiger partial charge on any atom is -0.384 e. The molecule has 1 saturated heterocycles. The van der Waals surface area contributed by atoms with Crippen molar-refractivity contribution in [1.29, 1.82) is 0 Å². The Hall–Kier alpha value is -2.82. The number of nitrogens with two attached hydrogens (primary N) is 1. The molecule has 1 aromatic carbocycles. The van der Waals surface area contributed by atoms with Gasteiger partial charge in [-0.1, -0.05) is 6.07 Å². The predicted molar refractivity (Wildman–Crippen MR) is 105 cm³/mol. The number of rotatable bonds is 4. The largest absolute Gasteiger partial charge is 0.384 e. The highest BCUT2D eigenvalue weighted by molar-refractivity contribution is 7.89. The van der Waals surface area contributed by atoms with E-state index in [0.717, 1.165) is 17.2 Å². The van der Waals surface area contributed by atoms with Crippen LogP contribution in [0.1, 0.15) is 17.4 Å². The molecule has 0 radical (unpaired) electrons. The van der Waals surface area contributed by atoms with Crippen molar-refractivity contribution in [3.05, 3.63) is 59.8 Å². The number of morpholine rings is 1. The second-order valence-corrected chi connectivity index (χ2v) is 8.74.